The first-order valence-electron chi connectivity index (χ1n) is 7.23. The van der Waals surface area contributed by atoms with Gasteiger partial charge >= 0.3 is 0 Å². The summed E-state index contributed by atoms with van der Waals surface area (Å²) in [6, 6.07) is 0.683. The minimum atomic E-state index is 0.515. The molecule has 0 bridgehead atoms. The number of ether oxygens (including phenoxy) is 1. The van der Waals surface area contributed by atoms with E-state index in [1.54, 1.807) is 0 Å². The summed E-state index contributed by atoms with van der Waals surface area (Å²) < 4.78 is 6.09. The third kappa shape index (κ3) is 4.57. The fraction of sp³-hybridized carbons (Fsp3) is 1.00. The van der Waals surface area contributed by atoms with Crippen LogP contribution in [0.15, 0.2) is 0 Å². The van der Waals surface area contributed by atoms with Crippen molar-refractivity contribution in [2.24, 2.45) is 0 Å². The average molecular weight is 242 g/mol. The first-order chi connectivity index (χ1) is 8.15. The Kier molecular flexibility index (Phi) is 6.45. The molecule has 0 aromatic rings. The normalized spacial score (nSPS) is 24.4. The van der Waals surface area contributed by atoms with Gasteiger partial charge in [0.2, 0.25) is 0 Å². The molecule has 0 radical (unpaired) electrons. The predicted octanol–water partition coefficient (Wildman–Crippen LogP) is 2.22. The number of hydrogen-bond donors (Lipinski definition) is 0. The smallest absolute Gasteiger partial charge is 0.0832 e. The van der Waals surface area contributed by atoms with Gasteiger partial charge in [-0.3, -0.25) is 4.90 Å². The van der Waals surface area contributed by atoms with Crippen molar-refractivity contribution < 1.29 is 4.74 Å². The molecule has 2 aliphatic heterocycles. The molecule has 2 saturated heterocycles. The molecule has 2 fully saturated rings. The molecule has 0 saturated carbocycles. The number of likely N-dealkylation sites (tertiary alicyclic amines) is 2. The second kappa shape index (κ2) is 7.34. The molecule has 2 rings (SSSR count). The molecule has 0 N–H and O–H groups in total. The van der Waals surface area contributed by atoms with E-state index in [4.69, 9.17) is 4.74 Å². The van der Waals surface area contributed by atoms with Crippen molar-refractivity contribution in [1.82, 2.24) is 9.80 Å². The minimum Gasteiger partial charge on any atom is -0.372 e. The minimum absolute atomic E-state index is 0.515. The van der Waals surface area contributed by atoms with Crippen LogP contribution in [-0.4, -0.2) is 61.3 Å². The molecule has 3 heteroatoms. The standard InChI is InChI=1S/C12H24N2O.C2H6/c1-10(2)14-8-12(9-14)15-11-4-6-13(3)7-5-11;1-2/h10-12H,4-9H2,1-3H3;1-2H3. The van der Waals surface area contributed by atoms with Gasteiger partial charge in [0.1, 0.15) is 0 Å². The van der Waals surface area contributed by atoms with Gasteiger partial charge in [-0.1, -0.05) is 13.8 Å². The van der Waals surface area contributed by atoms with E-state index < -0.39 is 0 Å². The van der Waals surface area contributed by atoms with Crippen molar-refractivity contribution in [3.63, 3.8) is 0 Å². The summed E-state index contributed by atoms with van der Waals surface area (Å²) in [5.74, 6) is 0. The average Bonchev–Trinajstić information content (AvgIpc) is 2.27. The molecule has 0 spiro atoms. The third-order valence-corrected chi connectivity index (χ3v) is 3.66. The second-order valence-electron chi connectivity index (χ2n) is 5.31. The Bertz CT molecular complexity index is 194. The summed E-state index contributed by atoms with van der Waals surface area (Å²) in [7, 11) is 2.19. The summed E-state index contributed by atoms with van der Waals surface area (Å²) in [6.07, 6.45) is 3.48. The fourth-order valence-corrected chi connectivity index (χ4v) is 2.37. The van der Waals surface area contributed by atoms with E-state index in [2.05, 4.69) is 30.7 Å². The van der Waals surface area contributed by atoms with Crippen molar-refractivity contribution in [1.29, 1.82) is 0 Å². The van der Waals surface area contributed by atoms with Crippen molar-refractivity contribution in [2.75, 3.05) is 33.2 Å². The third-order valence-electron chi connectivity index (χ3n) is 3.66. The van der Waals surface area contributed by atoms with Crippen LogP contribution in [0.5, 0.6) is 0 Å². The maximum absolute atomic E-state index is 6.09. The molecule has 2 aliphatic rings. The lowest BCUT2D eigenvalue weighted by Gasteiger charge is -2.44. The number of hydrogen-bond acceptors (Lipinski definition) is 3. The summed E-state index contributed by atoms with van der Waals surface area (Å²) in [5, 5.41) is 0. The lowest BCUT2D eigenvalue weighted by molar-refractivity contribution is -0.113. The number of piperidine rings is 1. The molecule has 102 valence electrons. The zero-order valence-electron chi connectivity index (χ0n) is 12.3. The van der Waals surface area contributed by atoms with E-state index in [-0.39, 0.29) is 0 Å². The van der Waals surface area contributed by atoms with E-state index >= 15 is 0 Å². The molecule has 0 aliphatic carbocycles. The summed E-state index contributed by atoms with van der Waals surface area (Å²) in [6.45, 7) is 13.2. The zero-order valence-corrected chi connectivity index (χ0v) is 12.3. The van der Waals surface area contributed by atoms with Gasteiger partial charge in [0.05, 0.1) is 12.2 Å². The fourth-order valence-electron chi connectivity index (χ4n) is 2.37. The zero-order chi connectivity index (χ0) is 12.8. The molecule has 17 heavy (non-hydrogen) atoms. The largest absolute Gasteiger partial charge is 0.372 e. The lowest BCUT2D eigenvalue weighted by Crippen LogP contribution is -2.56. The quantitative estimate of drug-likeness (QED) is 0.755. The van der Waals surface area contributed by atoms with Crippen LogP contribution in [0.4, 0.5) is 0 Å². The van der Waals surface area contributed by atoms with Gasteiger partial charge in [0.15, 0.2) is 0 Å². The Morgan fingerprint density at radius 3 is 2.00 bits per heavy atom. The molecular formula is C14H30N2O. The molecular weight excluding hydrogens is 212 g/mol. The highest BCUT2D eigenvalue weighted by molar-refractivity contribution is 4.84. The van der Waals surface area contributed by atoms with E-state index in [9.17, 15) is 0 Å². The molecule has 3 nitrogen and oxygen atoms in total. The molecule has 0 aromatic carbocycles. The predicted molar refractivity (Wildman–Crippen MR) is 73.4 cm³/mol. The van der Waals surface area contributed by atoms with E-state index in [1.807, 2.05) is 13.8 Å². The SMILES string of the molecule is CC.CC(C)N1CC(OC2CCN(C)CC2)C1. The number of rotatable bonds is 3. The summed E-state index contributed by atoms with van der Waals surface area (Å²) >= 11 is 0. The topological polar surface area (TPSA) is 15.7 Å². The van der Waals surface area contributed by atoms with Crippen molar-refractivity contribution in [3.05, 3.63) is 0 Å². The monoisotopic (exact) mass is 242 g/mol. The highest BCUT2D eigenvalue weighted by Gasteiger charge is 2.31. The van der Waals surface area contributed by atoms with Crippen LogP contribution >= 0.6 is 0 Å². The summed E-state index contributed by atoms with van der Waals surface area (Å²) in [4.78, 5) is 4.86. The van der Waals surface area contributed by atoms with Crippen molar-refractivity contribution >= 4 is 0 Å². The van der Waals surface area contributed by atoms with Crippen LogP contribution in [0.3, 0.4) is 0 Å². The maximum Gasteiger partial charge on any atom is 0.0832 e. The Morgan fingerprint density at radius 2 is 1.53 bits per heavy atom. The van der Waals surface area contributed by atoms with Gasteiger partial charge in [-0.05, 0) is 33.7 Å². The highest BCUT2D eigenvalue weighted by Crippen LogP contribution is 2.20. The Balaban J connectivity index is 0.000000686. The Labute approximate surface area is 107 Å². The maximum atomic E-state index is 6.09. The van der Waals surface area contributed by atoms with Gasteiger partial charge in [0.25, 0.3) is 0 Å². The van der Waals surface area contributed by atoms with E-state index in [1.165, 1.54) is 25.9 Å². The van der Waals surface area contributed by atoms with Crippen LogP contribution in [0.2, 0.25) is 0 Å². The van der Waals surface area contributed by atoms with Crippen molar-refractivity contribution in [2.45, 2.75) is 58.8 Å². The van der Waals surface area contributed by atoms with Gasteiger partial charge in [-0.2, -0.15) is 0 Å². The first-order valence-corrected chi connectivity index (χ1v) is 7.23. The van der Waals surface area contributed by atoms with Crippen LogP contribution in [-0.2, 0) is 4.74 Å². The molecule has 0 amide bonds. The second-order valence-corrected chi connectivity index (χ2v) is 5.31. The highest BCUT2D eigenvalue weighted by atomic mass is 16.5. The summed E-state index contributed by atoms with van der Waals surface area (Å²) in [5.41, 5.74) is 0. The van der Waals surface area contributed by atoms with Gasteiger partial charge in [-0.15, -0.1) is 0 Å². The van der Waals surface area contributed by atoms with Crippen LogP contribution < -0.4 is 0 Å². The number of nitrogens with zero attached hydrogens (tertiary/aromatic N) is 2. The molecule has 2 heterocycles. The van der Waals surface area contributed by atoms with E-state index in [0.717, 1.165) is 13.1 Å². The molecule has 0 atom stereocenters. The van der Waals surface area contributed by atoms with Crippen LogP contribution in [0, 0.1) is 0 Å². The lowest BCUT2D eigenvalue weighted by atomic mass is 10.1. The molecule has 0 unspecified atom stereocenters. The Morgan fingerprint density at radius 1 is 1.00 bits per heavy atom. The Hall–Kier alpha value is -0.120. The van der Waals surface area contributed by atoms with E-state index in [0.29, 0.717) is 18.2 Å². The van der Waals surface area contributed by atoms with Gasteiger partial charge in [0, 0.05) is 32.2 Å². The van der Waals surface area contributed by atoms with Gasteiger partial charge in [-0.25, -0.2) is 0 Å². The van der Waals surface area contributed by atoms with Gasteiger partial charge < -0.3 is 9.64 Å². The van der Waals surface area contributed by atoms with Crippen molar-refractivity contribution in [3.8, 4) is 0 Å². The van der Waals surface area contributed by atoms with Crippen LogP contribution in [0.1, 0.15) is 40.5 Å². The van der Waals surface area contributed by atoms with Crippen LogP contribution in [0.25, 0.3) is 0 Å². The first kappa shape index (κ1) is 14.9. The molecule has 0 aromatic heterocycles.